The highest BCUT2D eigenvalue weighted by atomic mass is 16.6. The summed E-state index contributed by atoms with van der Waals surface area (Å²) in [4.78, 5) is 24.8. The summed E-state index contributed by atoms with van der Waals surface area (Å²) >= 11 is 0. The first-order chi connectivity index (χ1) is 16.7. The molecule has 1 N–H and O–H groups in total. The van der Waals surface area contributed by atoms with Crippen LogP contribution in [0.1, 0.15) is 91.9 Å². The molecule has 3 unspecified atom stereocenters. The van der Waals surface area contributed by atoms with Crippen molar-refractivity contribution in [1.82, 2.24) is 5.32 Å². The highest BCUT2D eigenvalue weighted by Crippen LogP contribution is 2.59. The van der Waals surface area contributed by atoms with Gasteiger partial charge in [-0.05, 0) is 78.1 Å². The average molecular weight is 492 g/mol. The second-order valence-corrected chi connectivity index (χ2v) is 11.6. The van der Waals surface area contributed by atoms with Gasteiger partial charge in [0.05, 0.1) is 18.6 Å². The minimum atomic E-state index is -0.325. The minimum absolute atomic E-state index is 0.0456. The third-order valence-electron chi connectivity index (χ3n) is 8.66. The number of amides is 1. The molecular formula is C28H45NO6. The van der Waals surface area contributed by atoms with Crippen LogP contribution < -0.4 is 5.32 Å². The van der Waals surface area contributed by atoms with Crippen LogP contribution in [-0.2, 0) is 28.5 Å². The smallest absolute Gasteiger partial charge is 0.306 e. The van der Waals surface area contributed by atoms with E-state index in [1.165, 1.54) is 5.57 Å². The molecule has 7 heteroatoms. The van der Waals surface area contributed by atoms with Crippen molar-refractivity contribution in [2.24, 2.45) is 11.8 Å². The van der Waals surface area contributed by atoms with E-state index in [-0.39, 0.29) is 53.4 Å². The zero-order valence-electron chi connectivity index (χ0n) is 22.3. The number of rotatable bonds is 10. The van der Waals surface area contributed by atoms with Crippen molar-refractivity contribution in [3.05, 3.63) is 11.6 Å². The number of carbonyl (C=O) groups is 2. The molecule has 0 aromatic heterocycles. The number of carbonyl (C=O) groups excluding carboxylic acids is 2. The Morgan fingerprint density at radius 2 is 1.86 bits per heavy atom. The number of allylic oxidation sites excluding steroid dienone is 1. The summed E-state index contributed by atoms with van der Waals surface area (Å²) in [5.74, 6) is 0.369. The second kappa shape index (κ2) is 10.9. The summed E-state index contributed by atoms with van der Waals surface area (Å²) in [5.41, 5.74) is 0.754. The Morgan fingerprint density at radius 3 is 2.46 bits per heavy atom. The van der Waals surface area contributed by atoms with Gasteiger partial charge in [-0.15, -0.1) is 0 Å². The largest absolute Gasteiger partial charge is 0.460 e. The van der Waals surface area contributed by atoms with Crippen molar-refractivity contribution < 1.29 is 28.5 Å². The predicted molar refractivity (Wildman–Crippen MR) is 133 cm³/mol. The molecule has 4 fully saturated rings. The van der Waals surface area contributed by atoms with Gasteiger partial charge in [0.25, 0.3) is 0 Å². The van der Waals surface area contributed by atoms with Crippen LogP contribution in [0.4, 0.5) is 0 Å². The van der Waals surface area contributed by atoms with Crippen LogP contribution in [0.5, 0.6) is 0 Å². The number of hydrogen-bond donors (Lipinski definition) is 1. The Bertz CT molecular complexity index is 795. The Kier molecular flexibility index (Phi) is 8.29. The van der Waals surface area contributed by atoms with E-state index in [1.807, 2.05) is 6.92 Å². The number of ether oxygens (including phenoxy) is 4. The quantitative estimate of drug-likeness (QED) is 0.275. The van der Waals surface area contributed by atoms with Gasteiger partial charge in [-0.25, -0.2) is 0 Å². The number of nitrogens with one attached hydrogen (secondary N) is 1. The fourth-order valence-electron chi connectivity index (χ4n) is 6.56. The molecule has 4 rings (SSSR count). The zero-order chi connectivity index (χ0) is 25.2. The molecule has 2 aliphatic carbocycles. The first-order valence-corrected chi connectivity index (χ1v) is 13.7. The molecule has 2 aliphatic heterocycles. The van der Waals surface area contributed by atoms with E-state index < -0.39 is 0 Å². The van der Waals surface area contributed by atoms with E-state index in [0.29, 0.717) is 18.8 Å². The lowest BCUT2D eigenvalue weighted by atomic mass is 9.68. The zero-order valence-corrected chi connectivity index (χ0v) is 22.3. The summed E-state index contributed by atoms with van der Waals surface area (Å²) in [6, 6.07) is 0.242. The molecule has 198 valence electrons. The summed E-state index contributed by atoms with van der Waals surface area (Å²) in [6.45, 7) is 9.12. The molecular weight excluding hydrogens is 446 g/mol. The number of hydrogen-bond acceptors (Lipinski definition) is 6. The summed E-state index contributed by atoms with van der Waals surface area (Å²) in [6.07, 6.45) is 10.0. The molecule has 0 bridgehead atoms. The van der Waals surface area contributed by atoms with Crippen LogP contribution in [-0.4, -0.2) is 61.1 Å². The van der Waals surface area contributed by atoms with Crippen molar-refractivity contribution in [1.29, 1.82) is 0 Å². The second-order valence-electron chi connectivity index (χ2n) is 11.6. The Hall–Kier alpha value is -1.44. The molecule has 7 nitrogen and oxygen atoms in total. The third kappa shape index (κ3) is 6.11. The molecule has 4 aliphatic rings. The van der Waals surface area contributed by atoms with Crippen LogP contribution >= 0.6 is 0 Å². The van der Waals surface area contributed by atoms with Crippen LogP contribution in [0.3, 0.4) is 0 Å². The Balaban J connectivity index is 1.30. The summed E-state index contributed by atoms with van der Waals surface area (Å²) < 4.78 is 24.3. The van der Waals surface area contributed by atoms with Crippen molar-refractivity contribution in [2.45, 2.75) is 127 Å². The van der Waals surface area contributed by atoms with Gasteiger partial charge in [-0.1, -0.05) is 18.6 Å². The lowest BCUT2D eigenvalue weighted by Crippen LogP contribution is -2.55. The molecule has 2 saturated carbocycles. The Labute approximate surface area is 210 Å². The average Bonchev–Trinajstić information content (AvgIpc) is 3.72. The van der Waals surface area contributed by atoms with E-state index in [1.54, 1.807) is 7.11 Å². The Morgan fingerprint density at radius 1 is 1.14 bits per heavy atom. The predicted octanol–water partition coefficient (Wildman–Crippen LogP) is 4.47. The summed E-state index contributed by atoms with van der Waals surface area (Å²) in [5, 5.41) is 3.13. The normalized spacial score (nSPS) is 40.1. The van der Waals surface area contributed by atoms with E-state index >= 15 is 0 Å². The lowest BCUT2D eigenvalue weighted by molar-refractivity contribution is -0.173. The van der Waals surface area contributed by atoms with Crippen molar-refractivity contribution in [2.75, 3.05) is 13.7 Å². The van der Waals surface area contributed by atoms with E-state index in [9.17, 15) is 9.59 Å². The van der Waals surface area contributed by atoms with Gasteiger partial charge >= 0.3 is 5.97 Å². The molecule has 35 heavy (non-hydrogen) atoms. The van der Waals surface area contributed by atoms with E-state index in [4.69, 9.17) is 18.9 Å². The van der Waals surface area contributed by atoms with Crippen LogP contribution in [0.2, 0.25) is 0 Å². The van der Waals surface area contributed by atoms with Gasteiger partial charge in [0.2, 0.25) is 5.91 Å². The number of methoxy groups -OCH3 is 1. The van der Waals surface area contributed by atoms with Crippen molar-refractivity contribution >= 4 is 11.9 Å². The van der Waals surface area contributed by atoms with Crippen molar-refractivity contribution in [3.63, 3.8) is 0 Å². The van der Waals surface area contributed by atoms with Gasteiger partial charge in [-0.2, -0.15) is 0 Å². The van der Waals surface area contributed by atoms with Crippen LogP contribution in [0.25, 0.3) is 0 Å². The van der Waals surface area contributed by atoms with Gasteiger partial charge < -0.3 is 24.3 Å². The number of esters is 1. The number of epoxide rings is 2. The lowest BCUT2D eigenvalue weighted by Gasteiger charge is -2.42. The molecule has 0 aromatic carbocycles. The topological polar surface area (TPSA) is 89.7 Å². The molecule has 1 amide bonds. The SMILES string of the molecule is CCCC(=O)NC1CCC(CC(=O)OC2CC[C@]3(CO3)C([C@@]3(C)O[C@@H]3CC=C(C)C)C2OC)CC1. The van der Waals surface area contributed by atoms with Gasteiger partial charge in [0.1, 0.15) is 23.4 Å². The van der Waals surface area contributed by atoms with Gasteiger partial charge in [-0.3, -0.25) is 9.59 Å². The molecule has 1 spiro atoms. The van der Waals surface area contributed by atoms with Crippen LogP contribution in [0, 0.1) is 11.8 Å². The summed E-state index contributed by atoms with van der Waals surface area (Å²) in [7, 11) is 1.71. The highest BCUT2D eigenvalue weighted by Gasteiger charge is 2.72. The first kappa shape index (κ1) is 26.6. The molecule has 0 aromatic rings. The standard InChI is InChI=1S/C28H45NO6/c1-6-7-23(30)29-20-11-9-19(10-12-20)16-24(31)34-21-14-15-28(17-33-28)26(25(21)32-5)27(4)22(35-27)13-8-18(2)3/h8,19-22,25-26H,6-7,9-17H2,1-5H3,(H,29,30)/t19?,20?,21?,22-,25?,26?,27+,28+/m1/s1. The van der Waals surface area contributed by atoms with Gasteiger partial charge in [0.15, 0.2) is 0 Å². The third-order valence-corrected chi connectivity index (χ3v) is 8.66. The van der Waals surface area contributed by atoms with Crippen molar-refractivity contribution in [3.8, 4) is 0 Å². The van der Waals surface area contributed by atoms with Crippen LogP contribution in [0.15, 0.2) is 11.6 Å². The molecule has 2 saturated heterocycles. The van der Waals surface area contributed by atoms with Gasteiger partial charge in [0, 0.05) is 26.0 Å². The molecule has 0 radical (unpaired) electrons. The molecule has 2 heterocycles. The first-order valence-electron chi connectivity index (χ1n) is 13.7. The fourth-order valence-corrected chi connectivity index (χ4v) is 6.56. The maximum atomic E-state index is 13.0. The fraction of sp³-hybridized carbons (Fsp3) is 0.857. The maximum absolute atomic E-state index is 13.0. The van der Waals surface area contributed by atoms with E-state index in [2.05, 4.69) is 32.2 Å². The van der Waals surface area contributed by atoms with E-state index in [0.717, 1.165) is 58.0 Å². The maximum Gasteiger partial charge on any atom is 0.306 e. The molecule has 6 atom stereocenters. The monoisotopic (exact) mass is 491 g/mol. The minimum Gasteiger partial charge on any atom is -0.460 e. The highest BCUT2D eigenvalue weighted by molar-refractivity contribution is 5.76.